The number of benzene rings is 1. The minimum Gasteiger partial charge on any atom is -0.483 e. The molecule has 0 unspecified atom stereocenters. The Morgan fingerprint density at radius 3 is 2.68 bits per heavy atom. The highest BCUT2D eigenvalue weighted by Gasteiger charge is 2.16. The van der Waals surface area contributed by atoms with E-state index in [-0.39, 0.29) is 23.8 Å². The number of ether oxygens (including phenoxy) is 2. The van der Waals surface area contributed by atoms with Crippen molar-refractivity contribution >= 4 is 16.9 Å². The molecule has 0 saturated carbocycles. The van der Waals surface area contributed by atoms with E-state index in [0.29, 0.717) is 16.9 Å². The first kappa shape index (κ1) is 16.8. The van der Waals surface area contributed by atoms with Gasteiger partial charge in [-0.15, -0.1) is 0 Å². The molecule has 0 atom stereocenters. The van der Waals surface area contributed by atoms with Gasteiger partial charge in [0.25, 0.3) is 0 Å². The summed E-state index contributed by atoms with van der Waals surface area (Å²) in [5.41, 5.74) is 2.39. The highest BCUT2D eigenvalue weighted by Crippen LogP contribution is 2.31. The van der Waals surface area contributed by atoms with Gasteiger partial charge >= 0.3 is 11.6 Å². The van der Waals surface area contributed by atoms with Crippen molar-refractivity contribution in [2.45, 2.75) is 27.4 Å². The van der Waals surface area contributed by atoms with E-state index in [0.717, 1.165) is 16.5 Å². The molecule has 3 aromatic rings. The molecule has 0 aliphatic heterocycles. The van der Waals surface area contributed by atoms with Crippen LogP contribution in [0.4, 0.5) is 0 Å². The van der Waals surface area contributed by atoms with Crippen LogP contribution >= 0.6 is 0 Å². The van der Waals surface area contributed by atoms with Crippen LogP contribution in [0.25, 0.3) is 11.0 Å². The molecule has 0 amide bonds. The Hall–Kier alpha value is -3.09. The molecule has 0 radical (unpaired) electrons. The molecule has 1 aromatic carbocycles. The number of carbonyl (C=O) groups is 1. The Morgan fingerprint density at radius 1 is 1.20 bits per heavy atom. The quantitative estimate of drug-likeness (QED) is 0.531. The fourth-order valence-electron chi connectivity index (χ4n) is 2.52. The first-order valence-corrected chi connectivity index (χ1v) is 7.61. The Kier molecular flexibility index (Phi) is 4.31. The number of methoxy groups -OCH3 is 1. The number of esters is 1. The summed E-state index contributed by atoms with van der Waals surface area (Å²) in [6.07, 6.45) is 1.22. The van der Waals surface area contributed by atoms with E-state index in [1.54, 1.807) is 13.0 Å². The molecular formula is C18H17NO6. The summed E-state index contributed by atoms with van der Waals surface area (Å²) in [6, 6.07) is 3.63. The average Bonchev–Trinajstić information content (AvgIpc) is 3.05. The normalized spacial score (nSPS) is 10.9. The van der Waals surface area contributed by atoms with E-state index in [4.69, 9.17) is 13.6 Å². The maximum atomic E-state index is 11.9. The zero-order chi connectivity index (χ0) is 18.1. The molecule has 0 spiro atoms. The SMILES string of the molecule is COC(=O)c1coc(COc2cc(C)cc3oc(=O)c(C)c(C)c23)n1. The third kappa shape index (κ3) is 3.13. The molecule has 3 rings (SSSR count). The van der Waals surface area contributed by atoms with Crippen LogP contribution in [0.3, 0.4) is 0 Å². The molecule has 7 nitrogen and oxygen atoms in total. The fraction of sp³-hybridized carbons (Fsp3) is 0.278. The summed E-state index contributed by atoms with van der Waals surface area (Å²) in [4.78, 5) is 27.3. The summed E-state index contributed by atoms with van der Waals surface area (Å²) < 4.78 is 21.0. The van der Waals surface area contributed by atoms with Gasteiger partial charge < -0.3 is 18.3 Å². The molecule has 0 aliphatic rings. The van der Waals surface area contributed by atoms with Gasteiger partial charge in [0, 0.05) is 5.56 Å². The molecule has 0 bridgehead atoms. The van der Waals surface area contributed by atoms with Crippen molar-refractivity contribution in [1.29, 1.82) is 0 Å². The predicted octanol–water partition coefficient (Wildman–Crippen LogP) is 3.07. The lowest BCUT2D eigenvalue weighted by Crippen LogP contribution is -2.07. The maximum absolute atomic E-state index is 11.9. The molecular weight excluding hydrogens is 326 g/mol. The predicted molar refractivity (Wildman–Crippen MR) is 88.9 cm³/mol. The second-order valence-electron chi connectivity index (χ2n) is 5.68. The van der Waals surface area contributed by atoms with Gasteiger partial charge in [0.05, 0.1) is 12.5 Å². The third-order valence-corrected chi connectivity index (χ3v) is 3.95. The number of carbonyl (C=O) groups excluding carboxylic acids is 1. The standard InChI is InChI=1S/C18H17NO6/c1-9-5-13(16-10(2)11(3)17(20)25-14(16)6-9)23-8-15-19-12(7-24-15)18(21)22-4/h5-7H,8H2,1-4H3. The first-order chi connectivity index (χ1) is 11.9. The third-order valence-electron chi connectivity index (χ3n) is 3.95. The fourth-order valence-corrected chi connectivity index (χ4v) is 2.52. The molecule has 2 aromatic heterocycles. The highest BCUT2D eigenvalue weighted by molar-refractivity contribution is 5.88. The topological polar surface area (TPSA) is 91.8 Å². The van der Waals surface area contributed by atoms with E-state index in [9.17, 15) is 9.59 Å². The number of hydrogen-bond donors (Lipinski definition) is 0. The lowest BCUT2D eigenvalue weighted by molar-refractivity contribution is 0.0594. The van der Waals surface area contributed by atoms with Gasteiger partial charge in [0.1, 0.15) is 17.6 Å². The van der Waals surface area contributed by atoms with Gasteiger partial charge in [0.15, 0.2) is 12.3 Å². The largest absolute Gasteiger partial charge is 0.483 e. The van der Waals surface area contributed by atoms with Crippen molar-refractivity contribution in [1.82, 2.24) is 4.98 Å². The Labute approximate surface area is 143 Å². The zero-order valence-electron chi connectivity index (χ0n) is 14.3. The summed E-state index contributed by atoms with van der Waals surface area (Å²) in [5, 5.41) is 0.724. The molecule has 0 aliphatic carbocycles. The van der Waals surface area contributed by atoms with Crippen LogP contribution in [0.1, 0.15) is 33.1 Å². The number of rotatable bonds is 4. The van der Waals surface area contributed by atoms with Crippen LogP contribution < -0.4 is 10.4 Å². The maximum Gasteiger partial charge on any atom is 0.360 e. The van der Waals surface area contributed by atoms with Gasteiger partial charge in [-0.25, -0.2) is 14.6 Å². The second-order valence-corrected chi connectivity index (χ2v) is 5.68. The smallest absolute Gasteiger partial charge is 0.360 e. The van der Waals surface area contributed by atoms with Crippen molar-refractivity contribution in [3.05, 3.63) is 57.1 Å². The van der Waals surface area contributed by atoms with Crippen molar-refractivity contribution in [2.75, 3.05) is 7.11 Å². The van der Waals surface area contributed by atoms with E-state index >= 15 is 0 Å². The molecule has 0 fully saturated rings. The number of hydrogen-bond acceptors (Lipinski definition) is 7. The lowest BCUT2D eigenvalue weighted by Gasteiger charge is -2.11. The summed E-state index contributed by atoms with van der Waals surface area (Å²) >= 11 is 0. The average molecular weight is 343 g/mol. The Morgan fingerprint density at radius 2 is 1.96 bits per heavy atom. The van der Waals surface area contributed by atoms with Crippen LogP contribution in [0.2, 0.25) is 0 Å². The minimum absolute atomic E-state index is 0.0210. The molecule has 7 heteroatoms. The van der Waals surface area contributed by atoms with E-state index in [1.807, 2.05) is 19.9 Å². The Balaban J connectivity index is 1.96. The van der Waals surface area contributed by atoms with Gasteiger partial charge in [-0.2, -0.15) is 0 Å². The van der Waals surface area contributed by atoms with Crippen LogP contribution in [0.15, 0.2) is 32.0 Å². The summed E-state index contributed by atoms with van der Waals surface area (Å²) in [7, 11) is 1.27. The van der Waals surface area contributed by atoms with Gasteiger partial charge in [-0.3, -0.25) is 0 Å². The molecule has 2 heterocycles. The van der Waals surface area contributed by atoms with Gasteiger partial charge in [-0.05, 0) is 44.0 Å². The monoisotopic (exact) mass is 343 g/mol. The van der Waals surface area contributed by atoms with Crippen LogP contribution in [-0.4, -0.2) is 18.1 Å². The van der Waals surface area contributed by atoms with E-state index in [2.05, 4.69) is 9.72 Å². The summed E-state index contributed by atoms with van der Waals surface area (Å²) in [5.74, 6) is 0.211. The number of fused-ring (bicyclic) bond motifs is 1. The number of aromatic nitrogens is 1. The van der Waals surface area contributed by atoms with Crippen molar-refractivity contribution < 1.29 is 23.1 Å². The van der Waals surface area contributed by atoms with Gasteiger partial charge in [0.2, 0.25) is 5.89 Å². The summed E-state index contributed by atoms with van der Waals surface area (Å²) in [6.45, 7) is 5.45. The molecule has 25 heavy (non-hydrogen) atoms. The number of aryl methyl sites for hydroxylation is 2. The van der Waals surface area contributed by atoms with Crippen LogP contribution in [0.5, 0.6) is 5.75 Å². The van der Waals surface area contributed by atoms with Crippen molar-refractivity contribution in [3.8, 4) is 5.75 Å². The van der Waals surface area contributed by atoms with Crippen LogP contribution in [0, 0.1) is 20.8 Å². The van der Waals surface area contributed by atoms with Crippen molar-refractivity contribution in [3.63, 3.8) is 0 Å². The van der Waals surface area contributed by atoms with E-state index in [1.165, 1.54) is 13.4 Å². The van der Waals surface area contributed by atoms with Crippen molar-refractivity contribution in [2.24, 2.45) is 0 Å². The second kappa shape index (κ2) is 6.43. The number of nitrogens with zero attached hydrogens (tertiary/aromatic N) is 1. The molecule has 130 valence electrons. The van der Waals surface area contributed by atoms with Gasteiger partial charge in [-0.1, -0.05) is 0 Å². The number of oxazole rings is 1. The lowest BCUT2D eigenvalue weighted by atomic mass is 10.0. The first-order valence-electron chi connectivity index (χ1n) is 7.61. The van der Waals surface area contributed by atoms with Crippen LogP contribution in [-0.2, 0) is 11.3 Å². The molecule has 0 saturated heterocycles. The highest BCUT2D eigenvalue weighted by atomic mass is 16.5. The van der Waals surface area contributed by atoms with E-state index < -0.39 is 5.97 Å². The molecule has 0 N–H and O–H groups in total. The zero-order valence-corrected chi connectivity index (χ0v) is 14.3. The Bertz CT molecular complexity index is 1010. The minimum atomic E-state index is -0.579.